The molecule has 4 aromatic carbocycles. The zero-order chi connectivity index (χ0) is 16.4. The first kappa shape index (κ1) is 14.8. The zero-order valence-corrected chi connectivity index (χ0v) is 14.0. The Balaban J connectivity index is 2.11. The summed E-state index contributed by atoms with van der Waals surface area (Å²) in [5.41, 5.74) is 1.14. The molecule has 0 spiro atoms. The molecular weight excluding hydrogens is 288 g/mol. The van der Waals surface area contributed by atoms with Gasteiger partial charge in [0.2, 0.25) is 0 Å². The lowest BCUT2D eigenvalue weighted by molar-refractivity contribution is 0.828. The molecule has 0 atom stereocenters. The summed E-state index contributed by atoms with van der Waals surface area (Å²) >= 11 is 0. The van der Waals surface area contributed by atoms with Crippen molar-refractivity contribution in [1.29, 1.82) is 0 Å². The average Bonchev–Trinajstić information content (AvgIpc) is 2.65. The molecule has 0 unspecified atom stereocenters. The molecule has 0 saturated heterocycles. The molecule has 0 saturated carbocycles. The third-order valence-electron chi connectivity index (χ3n) is 4.65. The second-order valence-electron chi connectivity index (χ2n) is 6.22. The summed E-state index contributed by atoms with van der Waals surface area (Å²) in [7, 11) is 0. The maximum Gasteiger partial charge on any atom is 0.0330 e. The molecule has 0 heterocycles. The SMILES string of the molecule is CCCCC#Cc1cccc2c3ccccc3c3ccccc3c12. The van der Waals surface area contributed by atoms with Crippen molar-refractivity contribution < 1.29 is 0 Å². The Kier molecular flexibility index (Phi) is 3.93. The number of unbranched alkanes of at least 4 members (excludes halogenated alkanes) is 2. The van der Waals surface area contributed by atoms with Gasteiger partial charge in [0.1, 0.15) is 0 Å². The van der Waals surface area contributed by atoms with Crippen molar-refractivity contribution in [3.63, 3.8) is 0 Å². The number of hydrogen-bond donors (Lipinski definition) is 0. The van der Waals surface area contributed by atoms with Crippen LogP contribution in [0.5, 0.6) is 0 Å². The van der Waals surface area contributed by atoms with Gasteiger partial charge in [0, 0.05) is 17.4 Å². The molecule has 0 aliphatic rings. The molecule has 24 heavy (non-hydrogen) atoms. The monoisotopic (exact) mass is 308 g/mol. The van der Waals surface area contributed by atoms with Gasteiger partial charge in [-0.3, -0.25) is 0 Å². The Morgan fingerprint density at radius 3 is 1.83 bits per heavy atom. The molecule has 4 aromatic rings. The molecule has 0 aromatic heterocycles. The quantitative estimate of drug-likeness (QED) is 0.220. The van der Waals surface area contributed by atoms with E-state index in [0.29, 0.717) is 0 Å². The van der Waals surface area contributed by atoms with Crippen LogP contribution >= 0.6 is 0 Å². The lowest BCUT2D eigenvalue weighted by atomic mass is 9.92. The number of hydrogen-bond acceptors (Lipinski definition) is 0. The van der Waals surface area contributed by atoms with Gasteiger partial charge >= 0.3 is 0 Å². The average molecular weight is 308 g/mol. The van der Waals surface area contributed by atoms with E-state index in [1.54, 1.807) is 0 Å². The molecule has 0 amide bonds. The topological polar surface area (TPSA) is 0 Å². The molecule has 116 valence electrons. The van der Waals surface area contributed by atoms with Gasteiger partial charge in [-0.1, -0.05) is 85.8 Å². The lowest BCUT2D eigenvalue weighted by Gasteiger charge is -2.11. The Labute approximate surface area is 143 Å². The smallest absolute Gasteiger partial charge is 0.0330 e. The maximum absolute atomic E-state index is 3.43. The fraction of sp³-hybridized carbons (Fsp3) is 0.167. The molecule has 0 aliphatic heterocycles. The minimum atomic E-state index is 0.971. The van der Waals surface area contributed by atoms with Crippen molar-refractivity contribution in [1.82, 2.24) is 0 Å². The third-order valence-corrected chi connectivity index (χ3v) is 4.65. The van der Waals surface area contributed by atoms with Crippen molar-refractivity contribution >= 4 is 32.3 Å². The second-order valence-corrected chi connectivity index (χ2v) is 6.22. The predicted octanol–water partition coefficient (Wildman–Crippen LogP) is 6.69. The third kappa shape index (κ3) is 2.43. The van der Waals surface area contributed by atoms with Crippen molar-refractivity contribution in [3.05, 3.63) is 72.3 Å². The van der Waals surface area contributed by atoms with Crippen LogP contribution in [0, 0.1) is 11.8 Å². The summed E-state index contributed by atoms with van der Waals surface area (Å²) in [6.45, 7) is 2.21. The summed E-state index contributed by atoms with van der Waals surface area (Å²) in [6.07, 6.45) is 3.33. The van der Waals surface area contributed by atoms with Crippen LogP contribution < -0.4 is 0 Å². The van der Waals surface area contributed by atoms with Crippen LogP contribution in [0.1, 0.15) is 31.7 Å². The van der Waals surface area contributed by atoms with Gasteiger partial charge in [-0.15, -0.1) is 0 Å². The van der Waals surface area contributed by atoms with E-state index in [4.69, 9.17) is 0 Å². The lowest BCUT2D eigenvalue weighted by Crippen LogP contribution is -1.86. The van der Waals surface area contributed by atoms with Crippen LogP contribution in [0.2, 0.25) is 0 Å². The summed E-state index contributed by atoms with van der Waals surface area (Å²) < 4.78 is 0. The van der Waals surface area contributed by atoms with Crippen LogP contribution in [-0.2, 0) is 0 Å². The van der Waals surface area contributed by atoms with Crippen LogP contribution in [-0.4, -0.2) is 0 Å². The van der Waals surface area contributed by atoms with Gasteiger partial charge < -0.3 is 0 Å². The van der Waals surface area contributed by atoms with E-state index in [0.717, 1.165) is 12.0 Å². The molecule has 0 aliphatic carbocycles. The standard InChI is InChI=1S/C24H20/c1-2-3-4-5-11-18-12-10-17-23-21-14-7-6-13-19(21)20-15-8-9-16-22(20)24(18)23/h6-10,12-17H,2-4H2,1H3. The van der Waals surface area contributed by atoms with Gasteiger partial charge in [0.15, 0.2) is 0 Å². The zero-order valence-electron chi connectivity index (χ0n) is 14.0. The second kappa shape index (κ2) is 6.38. The van der Waals surface area contributed by atoms with E-state index in [2.05, 4.69) is 85.5 Å². The minimum absolute atomic E-state index is 0.971. The van der Waals surface area contributed by atoms with Crippen molar-refractivity contribution in [2.24, 2.45) is 0 Å². The van der Waals surface area contributed by atoms with Gasteiger partial charge in [0.25, 0.3) is 0 Å². The fourth-order valence-corrected chi connectivity index (χ4v) is 3.48. The summed E-state index contributed by atoms with van der Waals surface area (Å²) in [5.74, 6) is 6.79. The first-order chi connectivity index (χ1) is 11.9. The van der Waals surface area contributed by atoms with Gasteiger partial charge in [-0.2, -0.15) is 0 Å². The van der Waals surface area contributed by atoms with E-state index >= 15 is 0 Å². The Morgan fingerprint density at radius 1 is 0.667 bits per heavy atom. The number of rotatable bonds is 2. The fourth-order valence-electron chi connectivity index (χ4n) is 3.48. The number of fused-ring (bicyclic) bond motifs is 6. The summed E-state index contributed by atoms with van der Waals surface area (Å²) in [4.78, 5) is 0. The van der Waals surface area contributed by atoms with Gasteiger partial charge in [-0.05, 0) is 39.4 Å². The predicted molar refractivity (Wildman–Crippen MR) is 105 cm³/mol. The number of benzene rings is 4. The van der Waals surface area contributed by atoms with Crippen LogP contribution in [0.4, 0.5) is 0 Å². The van der Waals surface area contributed by atoms with E-state index in [1.165, 1.54) is 45.2 Å². The normalized spacial score (nSPS) is 10.9. The Morgan fingerprint density at radius 2 is 1.21 bits per heavy atom. The Hall–Kier alpha value is -2.78. The van der Waals surface area contributed by atoms with Crippen molar-refractivity contribution in [2.45, 2.75) is 26.2 Å². The van der Waals surface area contributed by atoms with Gasteiger partial charge in [0.05, 0.1) is 0 Å². The van der Waals surface area contributed by atoms with E-state index in [9.17, 15) is 0 Å². The molecule has 0 radical (unpaired) electrons. The molecule has 0 heteroatoms. The summed E-state index contributed by atoms with van der Waals surface area (Å²) in [6, 6.07) is 23.9. The largest absolute Gasteiger partial charge is 0.0979 e. The molecule has 0 N–H and O–H groups in total. The highest BCUT2D eigenvalue weighted by Gasteiger charge is 2.09. The highest BCUT2D eigenvalue weighted by Crippen LogP contribution is 2.36. The van der Waals surface area contributed by atoms with Crippen molar-refractivity contribution in [3.8, 4) is 11.8 Å². The van der Waals surface area contributed by atoms with Crippen LogP contribution in [0.15, 0.2) is 66.7 Å². The molecule has 0 bridgehead atoms. The van der Waals surface area contributed by atoms with Crippen LogP contribution in [0.25, 0.3) is 32.3 Å². The molecule has 4 rings (SSSR count). The Bertz CT molecular complexity index is 1050. The van der Waals surface area contributed by atoms with E-state index in [1.807, 2.05) is 0 Å². The van der Waals surface area contributed by atoms with Crippen LogP contribution in [0.3, 0.4) is 0 Å². The maximum atomic E-state index is 3.43. The highest BCUT2D eigenvalue weighted by atomic mass is 14.1. The molecular formula is C24H20. The first-order valence-electron chi connectivity index (χ1n) is 8.71. The first-order valence-corrected chi connectivity index (χ1v) is 8.71. The molecule has 0 nitrogen and oxygen atoms in total. The van der Waals surface area contributed by atoms with E-state index in [-0.39, 0.29) is 0 Å². The van der Waals surface area contributed by atoms with E-state index < -0.39 is 0 Å². The van der Waals surface area contributed by atoms with Crippen molar-refractivity contribution in [2.75, 3.05) is 0 Å². The summed E-state index contributed by atoms with van der Waals surface area (Å²) in [5, 5.41) is 7.82. The van der Waals surface area contributed by atoms with Gasteiger partial charge in [-0.25, -0.2) is 0 Å². The minimum Gasteiger partial charge on any atom is -0.0979 e. The highest BCUT2D eigenvalue weighted by molar-refractivity contribution is 6.26. The molecule has 0 fully saturated rings.